The minimum atomic E-state index is -1.03. The van der Waals surface area contributed by atoms with Gasteiger partial charge in [-0.3, -0.25) is 0 Å². The number of carboxylic acids is 2. The summed E-state index contributed by atoms with van der Waals surface area (Å²) in [5.74, 6) is 0.695. The van der Waals surface area contributed by atoms with E-state index in [9.17, 15) is 19.8 Å². The molecule has 8 heteroatoms. The minimum Gasteiger partial charge on any atom is -0.494 e. The minimum absolute atomic E-state index is 0.165. The summed E-state index contributed by atoms with van der Waals surface area (Å²) in [5.41, 5.74) is 3.66. The molecule has 3 rings (SSSR count). The predicted octanol–water partition coefficient (Wildman–Crippen LogP) is 6.90. The first-order chi connectivity index (χ1) is 17.8. The fraction of sp³-hybridized carbons (Fsp3) is 0.310. The van der Waals surface area contributed by atoms with Crippen LogP contribution in [-0.2, 0) is 0 Å². The van der Waals surface area contributed by atoms with Crippen molar-refractivity contribution in [3.63, 3.8) is 0 Å². The van der Waals surface area contributed by atoms with Crippen LogP contribution in [0.15, 0.2) is 54.6 Å². The van der Waals surface area contributed by atoms with Crippen LogP contribution in [0.5, 0.6) is 11.5 Å². The lowest BCUT2D eigenvalue weighted by molar-refractivity contribution is 0.0686. The van der Waals surface area contributed by atoms with Gasteiger partial charge in [0.2, 0.25) is 0 Å². The van der Waals surface area contributed by atoms with Gasteiger partial charge in [-0.05, 0) is 103 Å². The highest BCUT2D eigenvalue weighted by Gasteiger charge is 2.18. The van der Waals surface area contributed by atoms with Crippen LogP contribution in [0, 0.1) is 6.92 Å². The first-order valence-corrected chi connectivity index (χ1v) is 13.5. The molecule has 196 valence electrons. The lowest BCUT2D eigenvalue weighted by atomic mass is 9.91. The number of carbonyl (C=O) groups is 2. The lowest BCUT2D eigenvalue weighted by Gasteiger charge is -2.15. The Balaban J connectivity index is 1.97. The standard InChI is InChI=1S/C29H32O6S2/c1-19-16-20(26-17-21(34-12-2-4-14-36)7-10-24(26)28(30)31)6-9-23(19)27-18-22(35-13-3-5-15-37)8-11-25(27)29(32)33/h6-11,16-18,36-37H,2-5,12-15H2,1H3,(H,30,31)(H,32,33). The summed E-state index contributed by atoms with van der Waals surface area (Å²) in [6.07, 6.45) is 3.59. The Bertz CT molecular complexity index is 1240. The highest BCUT2D eigenvalue weighted by atomic mass is 32.1. The van der Waals surface area contributed by atoms with Crippen molar-refractivity contribution in [1.82, 2.24) is 0 Å². The van der Waals surface area contributed by atoms with E-state index < -0.39 is 11.9 Å². The average molecular weight is 541 g/mol. The molecule has 0 aliphatic carbocycles. The van der Waals surface area contributed by atoms with Crippen molar-refractivity contribution in [3.05, 3.63) is 71.3 Å². The third-order valence-corrected chi connectivity index (χ3v) is 6.55. The van der Waals surface area contributed by atoms with Gasteiger partial charge < -0.3 is 19.7 Å². The van der Waals surface area contributed by atoms with E-state index in [-0.39, 0.29) is 11.1 Å². The van der Waals surface area contributed by atoms with Crippen LogP contribution in [0.2, 0.25) is 0 Å². The fourth-order valence-electron chi connectivity index (χ4n) is 4.00. The highest BCUT2D eigenvalue weighted by Crippen LogP contribution is 2.35. The number of hydrogen-bond acceptors (Lipinski definition) is 6. The van der Waals surface area contributed by atoms with Crippen LogP contribution in [0.4, 0.5) is 0 Å². The third-order valence-electron chi connectivity index (χ3n) is 5.91. The molecule has 0 atom stereocenters. The zero-order valence-electron chi connectivity index (χ0n) is 20.8. The van der Waals surface area contributed by atoms with E-state index in [0.29, 0.717) is 41.4 Å². The number of rotatable bonds is 14. The van der Waals surface area contributed by atoms with Crippen molar-refractivity contribution >= 4 is 37.2 Å². The molecule has 37 heavy (non-hydrogen) atoms. The summed E-state index contributed by atoms with van der Waals surface area (Å²) in [7, 11) is 0. The molecule has 0 aromatic heterocycles. The van der Waals surface area contributed by atoms with Gasteiger partial charge >= 0.3 is 11.9 Å². The highest BCUT2D eigenvalue weighted by molar-refractivity contribution is 7.80. The van der Waals surface area contributed by atoms with Crippen LogP contribution in [0.1, 0.15) is 52.0 Å². The molecule has 0 saturated heterocycles. The second-order valence-electron chi connectivity index (χ2n) is 8.61. The van der Waals surface area contributed by atoms with E-state index in [1.165, 1.54) is 0 Å². The summed E-state index contributed by atoms with van der Waals surface area (Å²) >= 11 is 8.42. The summed E-state index contributed by atoms with van der Waals surface area (Å²) in [6.45, 7) is 2.92. The van der Waals surface area contributed by atoms with E-state index in [0.717, 1.165) is 48.3 Å². The molecule has 6 nitrogen and oxygen atoms in total. The monoisotopic (exact) mass is 540 g/mol. The second kappa shape index (κ2) is 14.0. The van der Waals surface area contributed by atoms with Gasteiger partial charge in [0.1, 0.15) is 11.5 Å². The van der Waals surface area contributed by atoms with Crippen LogP contribution in [-0.4, -0.2) is 46.9 Å². The predicted molar refractivity (Wildman–Crippen MR) is 153 cm³/mol. The molecule has 0 saturated carbocycles. The fourth-order valence-corrected chi connectivity index (χ4v) is 4.45. The maximum Gasteiger partial charge on any atom is 0.336 e. The largest absolute Gasteiger partial charge is 0.494 e. The van der Waals surface area contributed by atoms with Gasteiger partial charge in [0, 0.05) is 5.56 Å². The zero-order valence-corrected chi connectivity index (χ0v) is 22.6. The van der Waals surface area contributed by atoms with Gasteiger partial charge in [-0.2, -0.15) is 25.3 Å². The molecule has 0 amide bonds. The first kappa shape index (κ1) is 28.5. The van der Waals surface area contributed by atoms with Crippen molar-refractivity contribution in [3.8, 4) is 33.8 Å². The number of aromatic carboxylic acids is 2. The number of carboxylic acid groups (broad SMARTS) is 2. The summed E-state index contributed by atoms with van der Waals surface area (Å²) in [4.78, 5) is 23.9. The van der Waals surface area contributed by atoms with E-state index in [1.807, 2.05) is 19.1 Å². The summed E-state index contributed by atoms with van der Waals surface area (Å²) in [6, 6.07) is 15.4. The molecular weight excluding hydrogens is 508 g/mol. The molecule has 0 unspecified atom stereocenters. The van der Waals surface area contributed by atoms with Gasteiger partial charge in [-0.1, -0.05) is 18.2 Å². The molecule has 0 aliphatic heterocycles. The van der Waals surface area contributed by atoms with E-state index in [4.69, 9.17) is 9.47 Å². The van der Waals surface area contributed by atoms with Gasteiger partial charge in [-0.15, -0.1) is 0 Å². The van der Waals surface area contributed by atoms with Gasteiger partial charge in [0.15, 0.2) is 0 Å². The Kier molecular flexibility index (Phi) is 10.8. The molecular formula is C29H32O6S2. The molecule has 2 N–H and O–H groups in total. The number of benzene rings is 3. The number of hydrogen-bond donors (Lipinski definition) is 4. The van der Waals surface area contributed by atoms with Crippen LogP contribution in [0.25, 0.3) is 22.3 Å². The number of unbranched alkanes of at least 4 members (excludes halogenated alkanes) is 2. The van der Waals surface area contributed by atoms with Crippen molar-refractivity contribution in [2.45, 2.75) is 32.6 Å². The van der Waals surface area contributed by atoms with E-state index in [1.54, 1.807) is 42.5 Å². The van der Waals surface area contributed by atoms with Gasteiger partial charge in [0.05, 0.1) is 24.3 Å². The number of thiol groups is 2. The number of ether oxygens (including phenoxy) is 2. The molecule has 0 spiro atoms. The summed E-state index contributed by atoms with van der Waals surface area (Å²) < 4.78 is 11.7. The Morgan fingerprint density at radius 2 is 1.19 bits per heavy atom. The van der Waals surface area contributed by atoms with Crippen molar-refractivity contribution in [1.29, 1.82) is 0 Å². The Labute approximate surface area is 228 Å². The maximum absolute atomic E-state index is 12.0. The van der Waals surface area contributed by atoms with Crippen molar-refractivity contribution in [2.24, 2.45) is 0 Å². The van der Waals surface area contributed by atoms with Gasteiger partial charge in [0.25, 0.3) is 0 Å². The van der Waals surface area contributed by atoms with Crippen molar-refractivity contribution < 1.29 is 29.3 Å². The normalized spacial score (nSPS) is 10.8. The zero-order chi connectivity index (χ0) is 26.8. The molecule has 0 heterocycles. The second-order valence-corrected chi connectivity index (χ2v) is 9.51. The molecule has 3 aromatic carbocycles. The van der Waals surface area contributed by atoms with Gasteiger partial charge in [-0.25, -0.2) is 9.59 Å². The Morgan fingerprint density at radius 1 is 0.676 bits per heavy atom. The SMILES string of the molecule is Cc1cc(-c2cc(OCCCCS)ccc2C(=O)O)ccc1-c1cc(OCCCCS)ccc1C(=O)O. The van der Waals surface area contributed by atoms with Crippen LogP contribution >= 0.6 is 25.3 Å². The van der Waals surface area contributed by atoms with Crippen LogP contribution < -0.4 is 9.47 Å². The van der Waals surface area contributed by atoms with E-state index in [2.05, 4.69) is 25.3 Å². The first-order valence-electron chi connectivity index (χ1n) is 12.2. The third kappa shape index (κ3) is 7.69. The van der Waals surface area contributed by atoms with Crippen LogP contribution in [0.3, 0.4) is 0 Å². The molecule has 3 aromatic rings. The molecule has 0 fully saturated rings. The van der Waals surface area contributed by atoms with E-state index >= 15 is 0 Å². The van der Waals surface area contributed by atoms with Crippen molar-refractivity contribution in [2.75, 3.05) is 24.7 Å². The molecule has 0 aliphatic rings. The summed E-state index contributed by atoms with van der Waals surface area (Å²) in [5, 5.41) is 19.6. The smallest absolute Gasteiger partial charge is 0.336 e. The Morgan fingerprint density at radius 3 is 1.68 bits per heavy atom. The molecule has 0 radical (unpaired) electrons. The lowest BCUT2D eigenvalue weighted by Crippen LogP contribution is -2.04. The number of aryl methyl sites for hydroxylation is 1. The maximum atomic E-state index is 12.0. The Hall–Kier alpha value is -3.10. The quantitative estimate of drug-likeness (QED) is 0.131. The topological polar surface area (TPSA) is 93.1 Å². The average Bonchev–Trinajstić information content (AvgIpc) is 2.88. The molecule has 0 bridgehead atoms.